The molecule has 0 saturated heterocycles. The molecule has 0 aliphatic heterocycles. The fourth-order valence-corrected chi connectivity index (χ4v) is 2.75. The van der Waals surface area contributed by atoms with Crippen LogP contribution in [-0.2, 0) is 5.41 Å². The Labute approximate surface area is 110 Å². The largest absolute Gasteiger partial charge is 0.402 e. The molecular formula is C17H23N. The van der Waals surface area contributed by atoms with Crippen LogP contribution in [0.2, 0.25) is 0 Å². The Hall–Kier alpha value is -1.50. The molecule has 0 heterocycles. The molecule has 0 aromatic heterocycles. The van der Waals surface area contributed by atoms with Crippen LogP contribution in [0.4, 0.5) is 0 Å². The standard InChI is InChI=1S/C17H23N/c1-11(2)8-14-13-7-6-12(3)9-15(13)17(4,5)10-16(14)18/h6-9H,10,18H2,1-5H3. The van der Waals surface area contributed by atoms with E-state index < -0.39 is 0 Å². The molecule has 1 aliphatic carbocycles. The lowest BCUT2D eigenvalue weighted by atomic mass is 9.71. The minimum absolute atomic E-state index is 0.129. The maximum absolute atomic E-state index is 6.29. The molecule has 0 saturated carbocycles. The van der Waals surface area contributed by atoms with Crippen molar-refractivity contribution < 1.29 is 0 Å². The summed E-state index contributed by atoms with van der Waals surface area (Å²) in [5.41, 5.74) is 14.0. The molecule has 0 unspecified atom stereocenters. The van der Waals surface area contributed by atoms with Crippen LogP contribution in [0.3, 0.4) is 0 Å². The lowest BCUT2D eigenvalue weighted by molar-refractivity contribution is 0.509. The van der Waals surface area contributed by atoms with Crippen molar-refractivity contribution in [3.05, 3.63) is 52.2 Å². The van der Waals surface area contributed by atoms with Crippen LogP contribution in [0.25, 0.3) is 5.57 Å². The lowest BCUT2D eigenvalue weighted by Gasteiger charge is -2.34. The topological polar surface area (TPSA) is 26.0 Å². The second kappa shape index (κ2) is 4.31. The number of hydrogen-bond donors (Lipinski definition) is 1. The third-order valence-corrected chi connectivity index (χ3v) is 3.61. The van der Waals surface area contributed by atoms with Gasteiger partial charge in [-0.25, -0.2) is 0 Å². The van der Waals surface area contributed by atoms with Crippen molar-refractivity contribution in [1.82, 2.24) is 0 Å². The third kappa shape index (κ3) is 2.22. The Morgan fingerprint density at radius 2 is 1.94 bits per heavy atom. The van der Waals surface area contributed by atoms with Crippen molar-refractivity contribution in [2.24, 2.45) is 5.73 Å². The van der Waals surface area contributed by atoms with Gasteiger partial charge < -0.3 is 5.73 Å². The van der Waals surface area contributed by atoms with E-state index in [-0.39, 0.29) is 5.41 Å². The molecule has 0 radical (unpaired) electrons. The first-order valence-electron chi connectivity index (χ1n) is 6.56. The Kier molecular flexibility index (Phi) is 3.10. The average molecular weight is 241 g/mol. The van der Waals surface area contributed by atoms with Gasteiger partial charge in [-0.05, 0) is 43.7 Å². The first kappa shape index (κ1) is 12.9. The molecule has 1 aromatic rings. The normalized spacial score (nSPS) is 17.4. The molecule has 2 N–H and O–H groups in total. The Bertz CT molecular complexity index is 541. The summed E-state index contributed by atoms with van der Waals surface area (Å²) >= 11 is 0. The Morgan fingerprint density at radius 3 is 2.56 bits per heavy atom. The van der Waals surface area contributed by atoms with Gasteiger partial charge in [0.2, 0.25) is 0 Å². The number of fused-ring (bicyclic) bond motifs is 1. The summed E-state index contributed by atoms with van der Waals surface area (Å²) in [5, 5.41) is 0. The highest BCUT2D eigenvalue weighted by Crippen LogP contribution is 2.42. The molecule has 2 rings (SSSR count). The highest BCUT2D eigenvalue weighted by Gasteiger charge is 2.30. The highest BCUT2D eigenvalue weighted by atomic mass is 14.6. The van der Waals surface area contributed by atoms with Gasteiger partial charge in [0.1, 0.15) is 0 Å². The van der Waals surface area contributed by atoms with Crippen LogP contribution in [0.15, 0.2) is 35.5 Å². The summed E-state index contributed by atoms with van der Waals surface area (Å²) < 4.78 is 0. The zero-order chi connectivity index (χ0) is 13.5. The number of aryl methyl sites for hydroxylation is 1. The van der Waals surface area contributed by atoms with Gasteiger partial charge in [0.05, 0.1) is 0 Å². The zero-order valence-electron chi connectivity index (χ0n) is 12.1. The first-order chi connectivity index (χ1) is 8.31. The van der Waals surface area contributed by atoms with Crippen LogP contribution in [-0.4, -0.2) is 0 Å². The van der Waals surface area contributed by atoms with Crippen LogP contribution in [0, 0.1) is 6.92 Å². The first-order valence-corrected chi connectivity index (χ1v) is 6.56. The van der Waals surface area contributed by atoms with E-state index in [1.165, 1.54) is 27.8 Å². The van der Waals surface area contributed by atoms with Gasteiger partial charge in [0, 0.05) is 11.3 Å². The monoisotopic (exact) mass is 241 g/mol. The molecule has 0 fully saturated rings. The molecule has 0 atom stereocenters. The molecule has 96 valence electrons. The molecule has 1 nitrogen and oxygen atoms in total. The summed E-state index contributed by atoms with van der Waals surface area (Å²) in [7, 11) is 0. The summed E-state index contributed by atoms with van der Waals surface area (Å²) in [6.07, 6.45) is 3.14. The molecule has 0 bridgehead atoms. The molecule has 18 heavy (non-hydrogen) atoms. The molecule has 0 spiro atoms. The smallest absolute Gasteiger partial charge is 0.0169 e. The van der Waals surface area contributed by atoms with Crippen molar-refractivity contribution in [3.8, 4) is 0 Å². The maximum atomic E-state index is 6.29. The number of benzene rings is 1. The molecule has 1 heteroatoms. The van der Waals surface area contributed by atoms with Crippen LogP contribution in [0.1, 0.15) is 50.8 Å². The van der Waals surface area contributed by atoms with E-state index in [0.717, 1.165) is 12.1 Å². The fraction of sp³-hybridized carbons (Fsp3) is 0.412. The second-order valence-corrected chi connectivity index (χ2v) is 6.27. The van der Waals surface area contributed by atoms with E-state index in [9.17, 15) is 0 Å². The number of nitrogens with two attached hydrogens (primary N) is 1. The van der Waals surface area contributed by atoms with Gasteiger partial charge >= 0.3 is 0 Å². The predicted molar refractivity (Wildman–Crippen MR) is 79.4 cm³/mol. The van der Waals surface area contributed by atoms with Crippen molar-refractivity contribution in [1.29, 1.82) is 0 Å². The maximum Gasteiger partial charge on any atom is 0.0169 e. The van der Waals surface area contributed by atoms with Gasteiger partial charge in [-0.15, -0.1) is 0 Å². The Morgan fingerprint density at radius 1 is 1.28 bits per heavy atom. The lowest BCUT2D eigenvalue weighted by Crippen LogP contribution is -2.27. The molecule has 0 amide bonds. The third-order valence-electron chi connectivity index (χ3n) is 3.61. The number of allylic oxidation sites excluding steroid dienone is 4. The van der Waals surface area contributed by atoms with E-state index in [4.69, 9.17) is 5.73 Å². The van der Waals surface area contributed by atoms with Crippen LogP contribution in [0.5, 0.6) is 0 Å². The van der Waals surface area contributed by atoms with E-state index in [1.807, 2.05) is 0 Å². The second-order valence-electron chi connectivity index (χ2n) is 6.27. The van der Waals surface area contributed by atoms with E-state index in [0.29, 0.717) is 0 Å². The van der Waals surface area contributed by atoms with Crippen LogP contribution >= 0.6 is 0 Å². The van der Waals surface area contributed by atoms with Crippen LogP contribution < -0.4 is 5.73 Å². The zero-order valence-corrected chi connectivity index (χ0v) is 12.1. The highest BCUT2D eigenvalue weighted by molar-refractivity contribution is 5.81. The van der Waals surface area contributed by atoms with E-state index >= 15 is 0 Å². The van der Waals surface area contributed by atoms with Gasteiger partial charge in [-0.3, -0.25) is 0 Å². The van der Waals surface area contributed by atoms with Gasteiger partial charge in [0.25, 0.3) is 0 Å². The summed E-state index contributed by atoms with van der Waals surface area (Å²) in [6.45, 7) is 10.9. The molecular weight excluding hydrogens is 218 g/mol. The fourth-order valence-electron chi connectivity index (χ4n) is 2.75. The molecule has 1 aromatic carbocycles. The SMILES string of the molecule is CC(C)=CC1=C(N)CC(C)(C)c2cc(C)ccc21. The number of rotatable bonds is 1. The van der Waals surface area contributed by atoms with Gasteiger partial charge in [0.15, 0.2) is 0 Å². The van der Waals surface area contributed by atoms with E-state index in [2.05, 4.69) is 58.9 Å². The Balaban J connectivity index is 2.70. The van der Waals surface area contributed by atoms with Gasteiger partial charge in [-0.1, -0.05) is 49.3 Å². The summed E-state index contributed by atoms with van der Waals surface area (Å²) in [4.78, 5) is 0. The summed E-state index contributed by atoms with van der Waals surface area (Å²) in [5.74, 6) is 0. The average Bonchev–Trinajstić information content (AvgIpc) is 2.23. The van der Waals surface area contributed by atoms with Gasteiger partial charge in [-0.2, -0.15) is 0 Å². The van der Waals surface area contributed by atoms with Crippen molar-refractivity contribution in [2.75, 3.05) is 0 Å². The minimum atomic E-state index is 0.129. The minimum Gasteiger partial charge on any atom is -0.402 e. The van der Waals surface area contributed by atoms with E-state index in [1.54, 1.807) is 0 Å². The summed E-state index contributed by atoms with van der Waals surface area (Å²) in [6, 6.07) is 6.69. The van der Waals surface area contributed by atoms with Crippen molar-refractivity contribution >= 4 is 5.57 Å². The van der Waals surface area contributed by atoms with Crippen molar-refractivity contribution in [2.45, 2.75) is 46.5 Å². The number of hydrogen-bond acceptors (Lipinski definition) is 1. The molecule has 1 aliphatic rings. The quantitative estimate of drug-likeness (QED) is 0.779. The van der Waals surface area contributed by atoms with Crippen molar-refractivity contribution in [3.63, 3.8) is 0 Å². The predicted octanol–water partition coefficient (Wildman–Crippen LogP) is 4.31.